The molecule has 0 spiro atoms. The third-order valence-electron chi connectivity index (χ3n) is 8.34. The molecule has 0 radical (unpaired) electrons. The van der Waals surface area contributed by atoms with Gasteiger partial charge in [-0.3, -0.25) is 14.3 Å². The lowest BCUT2D eigenvalue weighted by atomic mass is 9.92. The number of anilines is 1. The molecule has 1 aliphatic carbocycles. The van der Waals surface area contributed by atoms with Gasteiger partial charge in [0, 0.05) is 55.6 Å². The summed E-state index contributed by atoms with van der Waals surface area (Å²) in [4.78, 5) is 27.5. The Kier molecular flexibility index (Phi) is 6.73. The van der Waals surface area contributed by atoms with E-state index in [-0.39, 0.29) is 17.0 Å². The predicted molar refractivity (Wildman–Crippen MR) is 152 cm³/mol. The number of aromatic nitrogens is 3. The molecule has 6 rings (SSSR count). The summed E-state index contributed by atoms with van der Waals surface area (Å²) < 4.78 is 8.64. The summed E-state index contributed by atoms with van der Waals surface area (Å²) in [6, 6.07) is 11.5. The smallest absolute Gasteiger partial charge is 0.308 e. The largest absolute Gasteiger partial charge is 0.381 e. The van der Waals surface area contributed by atoms with E-state index in [1.54, 1.807) is 7.11 Å². The van der Waals surface area contributed by atoms with Crippen LogP contribution in [0.25, 0.3) is 32.2 Å². The van der Waals surface area contributed by atoms with Gasteiger partial charge in [0.1, 0.15) is 5.82 Å². The van der Waals surface area contributed by atoms with Crippen LogP contribution in [0.1, 0.15) is 44.6 Å². The number of methoxy groups -OCH3 is 1. The molecular formula is C29H35N5O2S. The van der Waals surface area contributed by atoms with E-state index in [0.717, 1.165) is 76.8 Å². The van der Waals surface area contributed by atoms with Crippen molar-refractivity contribution in [3.8, 4) is 11.1 Å². The number of benzene rings is 1. The Labute approximate surface area is 221 Å². The molecule has 0 bridgehead atoms. The first kappa shape index (κ1) is 24.5. The summed E-state index contributed by atoms with van der Waals surface area (Å²) in [6.07, 6.45) is 10.4. The van der Waals surface area contributed by atoms with Crippen LogP contribution >= 0.6 is 11.3 Å². The monoisotopic (exact) mass is 517 g/mol. The molecule has 1 saturated heterocycles. The summed E-state index contributed by atoms with van der Waals surface area (Å²) >= 11 is 1.30. The zero-order valence-corrected chi connectivity index (χ0v) is 22.7. The number of nitrogens with zero attached hydrogens (tertiary/aromatic N) is 5. The Morgan fingerprint density at radius 1 is 1.00 bits per heavy atom. The maximum atomic E-state index is 13.2. The second-order valence-electron chi connectivity index (χ2n) is 10.7. The maximum Gasteiger partial charge on any atom is 0.308 e. The summed E-state index contributed by atoms with van der Waals surface area (Å²) in [5.41, 5.74) is 4.09. The minimum atomic E-state index is 0.0977. The van der Waals surface area contributed by atoms with Crippen molar-refractivity contribution >= 4 is 38.3 Å². The average molecular weight is 518 g/mol. The van der Waals surface area contributed by atoms with Crippen LogP contribution < -0.4 is 9.77 Å². The summed E-state index contributed by atoms with van der Waals surface area (Å²) in [5, 5.41) is 1.03. The van der Waals surface area contributed by atoms with Gasteiger partial charge in [0.2, 0.25) is 0 Å². The minimum absolute atomic E-state index is 0.0977. The van der Waals surface area contributed by atoms with Gasteiger partial charge in [-0.25, -0.2) is 4.98 Å². The van der Waals surface area contributed by atoms with Crippen molar-refractivity contribution in [3.05, 3.63) is 52.4 Å². The zero-order valence-electron chi connectivity index (χ0n) is 21.9. The van der Waals surface area contributed by atoms with Gasteiger partial charge in [0.25, 0.3) is 0 Å². The van der Waals surface area contributed by atoms with Gasteiger partial charge in [0.15, 0.2) is 0 Å². The zero-order chi connectivity index (χ0) is 25.5. The lowest BCUT2D eigenvalue weighted by molar-refractivity contribution is 0.0535. The van der Waals surface area contributed by atoms with E-state index in [9.17, 15) is 4.79 Å². The van der Waals surface area contributed by atoms with E-state index in [2.05, 4.69) is 59.2 Å². The van der Waals surface area contributed by atoms with Crippen LogP contribution in [0.15, 0.2) is 47.5 Å². The van der Waals surface area contributed by atoms with Crippen molar-refractivity contribution in [1.29, 1.82) is 0 Å². The molecule has 2 fully saturated rings. The molecule has 2 atom stereocenters. The molecule has 0 N–H and O–H groups in total. The SMILES string of the molecule is COC1CCCC(n2c(=O)sc3cnc4ccc(-c5ccc(N6CCC(N(C)C)CC6)nc5)cc4c32)C1. The lowest BCUT2D eigenvalue weighted by Gasteiger charge is -2.35. The van der Waals surface area contributed by atoms with Crippen molar-refractivity contribution in [1.82, 2.24) is 19.4 Å². The number of thiazole rings is 1. The Balaban J connectivity index is 1.33. The molecule has 4 aromatic rings. The van der Waals surface area contributed by atoms with E-state index in [1.165, 1.54) is 24.2 Å². The van der Waals surface area contributed by atoms with Gasteiger partial charge < -0.3 is 14.5 Å². The third kappa shape index (κ3) is 4.67. The minimum Gasteiger partial charge on any atom is -0.381 e. The molecule has 0 amide bonds. The fourth-order valence-corrected chi connectivity index (χ4v) is 7.09. The third-order valence-corrected chi connectivity index (χ3v) is 9.23. The predicted octanol–water partition coefficient (Wildman–Crippen LogP) is 5.33. The number of rotatable bonds is 5. The van der Waals surface area contributed by atoms with E-state index < -0.39 is 0 Å². The normalized spacial score (nSPS) is 21.4. The van der Waals surface area contributed by atoms with Crippen molar-refractivity contribution < 1.29 is 4.74 Å². The lowest BCUT2D eigenvalue weighted by Crippen LogP contribution is -2.42. The molecule has 2 unspecified atom stereocenters. The summed E-state index contributed by atoms with van der Waals surface area (Å²) in [7, 11) is 6.11. The molecule has 7 nitrogen and oxygen atoms in total. The molecule has 194 valence electrons. The number of ether oxygens (including phenoxy) is 1. The first-order valence-corrected chi connectivity index (χ1v) is 14.2. The van der Waals surface area contributed by atoms with Gasteiger partial charge >= 0.3 is 4.87 Å². The number of pyridine rings is 2. The number of hydrogen-bond acceptors (Lipinski definition) is 7. The van der Waals surface area contributed by atoms with Crippen LogP contribution in [0.4, 0.5) is 5.82 Å². The first-order chi connectivity index (χ1) is 18.0. The van der Waals surface area contributed by atoms with E-state index in [0.29, 0.717) is 6.04 Å². The van der Waals surface area contributed by atoms with Crippen LogP contribution in [0.5, 0.6) is 0 Å². The van der Waals surface area contributed by atoms with Crippen molar-refractivity contribution in [2.75, 3.05) is 39.2 Å². The highest BCUT2D eigenvalue weighted by atomic mass is 32.1. The molecule has 37 heavy (non-hydrogen) atoms. The molecule has 4 heterocycles. The van der Waals surface area contributed by atoms with Crippen LogP contribution in [-0.4, -0.2) is 65.9 Å². The number of piperidine rings is 1. The van der Waals surface area contributed by atoms with Crippen molar-refractivity contribution in [2.24, 2.45) is 0 Å². The van der Waals surface area contributed by atoms with Crippen LogP contribution in [-0.2, 0) is 4.74 Å². The number of hydrogen-bond donors (Lipinski definition) is 0. The Morgan fingerprint density at radius 3 is 2.54 bits per heavy atom. The highest BCUT2D eigenvalue weighted by Gasteiger charge is 2.27. The fourth-order valence-electron chi connectivity index (χ4n) is 6.15. The van der Waals surface area contributed by atoms with E-state index in [1.807, 2.05) is 17.0 Å². The second-order valence-corrected chi connectivity index (χ2v) is 11.7. The first-order valence-electron chi connectivity index (χ1n) is 13.4. The van der Waals surface area contributed by atoms with Gasteiger partial charge in [0.05, 0.1) is 21.8 Å². The van der Waals surface area contributed by atoms with E-state index >= 15 is 0 Å². The summed E-state index contributed by atoms with van der Waals surface area (Å²) in [6.45, 7) is 2.07. The molecule has 1 aliphatic heterocycles. The molecular weight excluding hydrogens is 482 g/mol. The molecule has 3 aromatic heterocycles. The van der Waals surface area contributed by atoms with Crippen molar-refractivity contribution in [2.45, 2.75) is 56.7 Å². The second kappa shape index (κ2) is 10.2. The molecule has 1 saturated carbocycles. The molecule has 2 aliphatic rings. The van der Waals surface area contributed by atoms with Crippen LogP contribution in [0.2, 0.25) is 0 Å². The maximum absolute atomic E-state index is 13.2. The topological polar surface area (TPSA) is 63.5 Å². The average Bonchev–Trinajstić information content (AvgIpc) is 3.29. The Hall–Kier alpha value is -2.81. The van der Waals surface area contributed by atoms with Crippen LogP contribution in [0, 0.1) is 0 Å². The van der Waals surface area contributed by atoms with Crippen LogP contribution in [0.3, 0.4) is 0 Å². The van der Waals surface area contributed by atoms with Gasteiger partial charge in [-0.05, 0) is 82.4 Å². The molecule has 8 heteroatoms. The molecule has 1 aromatic carbocycles. The van der Waals surface area contributed by atoms with Gasteiger partial charge in [-0.1, -0.05) is 17.4 Å². The van der Waals surface area contributed by atoms with Gasteiger partial charge in [-0.2, -0.15) is 0 Å². The number of fused-ring (bicyclic) bond motifs is 3. The highest BCUT2D eigenvalue weighted by Crippen LogP contribution is 2.36. The Bertz CT molecular complexity index is 1450. The quantitative estimate of drug-likeness (QED) is 0.356. The van der Waals surface area contributed by atoms with Gasteiger partial charge in [-0.15, -0.1) is 0 Å². The summed E-state index contributed by atoms with van der Waals surface area (Å²) in [5.74, 6) is 1.04. The fraction of sp³-hybridized carbons (Fsp3) is 0.483. The standard InChI is InChI=1S/C29H35N5O2S/c1-32(2)21-11-13-33(14-12-21)27-10-8-20(17-31-27)19-7-9-25-24(15-19)28-26(18-30-25)37-29(35)34(28)22-5-4-6-23(16-22)36-3/h7-10,15,17-18,21-23H,4-6,11-14,16H2,1-3H3. The van der Waals surface area contributed by atoms with Crippen molar-refractivity contribution in [3.63, 3.8) is 0 Å². The highest BCUT2D eigenvalue weighted by molar-refractivity contribution is 7.16. The van der Waals surface area contributed by atoms with E-state index in [4.69, 9.17) is 9.72 Å². The Morgan fingerprint density at radius 2 is 1.81 bits per heavy atom.